The Hall–Kier alpha value is -2.67. The van der Waals surface area contributed by atoms with Gasteiger partial charge in [-0.3, -0.25) is 19.3 Å². The van der Waals surface area contributed by atoms with Gasteiger partial charge in [-0.2, -0.15) is 11.3 Å². The number of para-hydroxylation sites is 1. The molecule has 140 valence electrons. The highest BCUT2D eigenvalue weighted by atomic mass is 32.1. The Labute approximate surface area is 162 Å². The molecule has 0 saturated carbocycles. The number of amides is 3. The van der Waals surface area contributed by atoms with Crippen LogP contribution < -0.4 is 4.90 Å². The minimum absolute atomic E-state index is 0.0125. The number of hydrogen-bond acceptors (Lipinski definition) is 4. The minimum Gasteiger partial charge on any atom is -0.340 e. The molecule has 0 aliphatic carbocycles. The molecule has 0 unspecified atom stereocenters. The summed E-state index contributed by atoms with van der Waals surface area (Å²) in [6.07, 6.45) is 0.890. The van der Waals surface area contributed by atoms with Gasteiger partial charge in [0.25, 0.3) is 5.91 Å². The quantitative estimate of drug-likeness (QED) is 0.816. The number of likely N-dealkylation sites (N-methyl/N-ethyl adjacent to an activating group) is 1. The van der Waals surface area contributed by atoms with E-state index in [1.165, 1.54) is 0 Å². The van der Waals surface area contributed by atoms with E-state index in [2.05, 4.69) is 0 Å². The summed E-state index contributed by atoms with van der Waals surface area (Å²) in [4.78, 5) is 43.4. The second-order valence-electron chi connectivity index (χ2n) is 7.24. The van der Waals surface area contributed by atoms with Crippen LogP contribution in [0.2, 0.25) is 0 Å². The van der Waals surface area contributed by atoms with Gasteiger partial charge in [0, 0.05) is 20.0 Å². The second-order valence-corrected chi connectivity index (χ2v) is 8.02. The summed E-state index contributed by atoms with van der Waals surface area (Å²) in [5, 5.41) is 3.98. The molecule has 27 heavy (non-hydrogen) atoms. The van der Waals surface area contributed by atoms with Crippen molar-refractivity contribution < 1.29 is 14.4 Å². The minimum atomic E-state index is -0.804. The van der Waals surface area contributed by atoms with Crippen LogP contribution in [0.3, 0.4) is 0 Å². The third-order valence-corrected chi connectivity index (χ3v) is 6.20. The lowest BCUT2D eigenvalue weighted by atomic mass is 9.98. The van der Waals surface area contributed by atoms with E-state index in [-0.39, 0.29) is 24.3 Å². The lowest BCUT2D eigenvalue weighted by molar-refractivity contribution is -0.132. The van der Waals surface area contributed by atoms with Gasteiger partial charge >= 0.3 is 0 Å². The first kappa shape index (κ1) is 17.7. The van der Waals surface area contributed by atoms with Crippen LogP contribution in [0.1, 0.15) is 35.7 Å². The van der Waals surface area contributed by atoms with Gasteiger partial charge in [0.1, 0.15) is 12.2 Å². The molecule has 2 aliphatic rings. The Balaban J connectivity index is 1.63. The highest BCUT2D eigenvalue weighted by Crippen LogP contribution is 2.43. The van der Waals surface area contributed by atoms with E-state index in [0.29, 0.717) is 30.6 Å². The first-order valence-electron chi connectivity index (χ1n) is 8.91. The molecule has 2 aromatic rings. The summed E-state index contributed by atoms with van der Waals surface area (Å²) in [7, 11) is 1.74. The summed E-state index contributed by atoms with van der Waals surface area (Å²) >= 11 is 1.59. The predicted molar refractivity (Wildman–Crippen MR) is 103 cm³/mol. The monoisotopic (exact) mass is 383 g/mol. The van der Waals surface area contributed by atoms with E-state index in [1.54, 1.807) is 51.3 Å². The molecule has 1 fully saturated rings. The Kier molecular flexibility index (Phi) is 4.26. The molecule has 3 heterocycles. The van der Waals surface area contributed by atoms with E-state index in [0.717, 1.165) is 5.56 Å². The predicted octanol–water partition coefficient (Wildman–Crippen LogP) is 2.71. The molecule has 3 amide bonds. The zero-order valence-electron chi connectivity index (χ0n) is 15.3. The van der Waals surface area contributed by atoms with Crippen molar-refractivity contribution in [3.8, 4) is 0 Å². The highest BCUT2D eigenvalue weighted by Gasteiger charge is 2.53. The Morgan fingerprint density at radius 3 is 2.78 bits per heavy atom. The van der Waals surface area contributed by atoms with Crippen LogP contribution in [-0.2, 0) is 16.1 Å². The van der Waals surface area contributed by atoms with Gasteiger partial charge in [-0.25, -0.2) is 0 Å². The maximum Gasteiger partial charge on any atom is 0.258 e. The van der Waals surface area contributed by atoms with Crippen molar-refractivity contribution in [2.24, 2.45) is 0 Å². The number of hydrogen-bond donors (Lipinski definition) is 0. The van der Waals surface area contributed by atoms with Gasteiger partial charge in [-0.1, -0.05) is 12.1 Å². The molecule has 0 bridgehead atoms. The Morgan fingerprint density at radius 1 is 1.26 bits per heavy atom. The summed E-state index contributed by atoms with van der Waals surface area (Å²) in [6.45, 7) is 2.33. The van der Waals surface area contributed by atoms with Crippen LogP contribution in [0.25, 0.3) is 0 Å². The fourth-order valence-corrected chi connectivity index (χ4v) is 4.60. The average molecular weight is 383 g/mol. The fraction of sp³-hybridized carbons (Fsp3) is 0.350. The molecular formula is C20H21N3O3S. The maximum atomic E-state index is 13.2. The smallest absolute Gasteiger partial charge is 0.258 e. The van der Waals surface area contributed by atoms with E-state index in [4.69, 9.17) is 0 Å². The molecule has 7 heteroatoms. The molecule has 1 aromatic heterocycles. The van der Waals surface area contributed by atoms with Gasteiger partial charge in [0.15, 0.2) is 0 Å². The van der Waals surface area contributed by atoms with E-state index >= 15 is 0 Å². The largest absolute Gasteiger partial charge is 0.340 e. The molecule has 1 saturated heterocycles. The third-order valence-electron chi connectivity index (χ3n) is 5.46. The average Bonchev–Trinajstić information content (AvgIpc) is 3.27. The molecule has 1 aromatic carbocycles. The summed E-state index contributed by atoms with van der Waals surface area (Å²) < 4.78 is 0. The van der Waals surface area contributed by atoms with Crippen molar-refractivity contribution in [3.63, 3.8) is 0 Å². The van der Waals surface area contributed by atoms with Gasteiger partial charge in [0.2, 0.25) is 11.8 Å². The van der Waals surface area contributed by atoms with Crippen molar-refractivity contribution >= 4 is 34.7 Å². The van der Waals surface area contributed by atoms with Gasteiger partial charge < -0.3 is 9.80 Å². The lowest BCUT2D eigenvalue weighted by Gasteiger charge is -2.48. The topological polar surface area (TPSA) is 60.9 Å². The zero-order valence-corrected chi connectivity index (χ0v) is 16.2. The second kappa shape index (κ2) is 6.49. The number of thiophene rings is 1. The molecular weight excluding hydrogens is 362 g/mol. The van der Waals surface area contributed by atoms with Crippen molar-refractivity contribution in [2.45, 2.75) is 32.0 Å². The number of carbonyl (C=O) groups is 3. The van der Waals surface area contributed by atoms with Crippen molar-refractivity contribution in [1.82, 2.24) is 9.80 Å². The molecule has 2 aliphatic heterocycles. The first-order chi connectivity index (χ1) is 12.9. The fourth-order valence-electron chi connectivity index (χ4n) is 3.94. The third kappa shape index (κ3) is 2.82. The van der Waals surface area contributed by atoms with Crippen LogP contribution in [0.15, 0.2) is 41.1 Å². The molecule has 0 spiro atoms. The first-order valence-corrected chi connectivity index (χ1v) is 9.85. The van der Waals surface area contributed by atoms with Gasteiger partial charge in [0.05, 0.1) is 11.3 Å². The Morgan fingerprint density at radius 2 is 2.04 bits per heavy atom. The summed E-state index contributed by atoms with van der Waals surface area (Å²) in [5.41, 5.74) is 1.37. The summed E-state index contributed by atoms with van der Waals surface area (Å²) in [5.74, 6) is -0.354. The number of nitrogens with zero attached hydrogens (tertiary/aromatic N) is 3. The van der Waals surface area contributed by atoms with Crippen LogP contribution in [-0.4, -0.2) is 46.8 Å². The normalized spacial score (nSPS) is 21.3. The van der Waals surface area contributed by atoms with E-state index in [9.17, 15) is 14.4 Å². The lowest BCUT2D eigenvalue weighted by Crippen LogP contribution is -2.63. The number of anilines is 1. The number of carbonyl (C=O) groups excluding carboxylic acids is 3. The SMILES string of the molecule is CN(Cc1ccsc1)C(=O)CN1C(=O)c2ccccc2N2C(=O)CC[C@@]12C. The molecule has 1 atom stereocenters. The van der Waals surface area contributed by atoms with Crippen molar-refractivity contribution in [1.29, 1.82) is 0 Å². The van der Waals surface area contributed by atoms with Crippen molar-refractivity contribution in [2.75, 3.05) is 18.5 Å². The molecule has 4 rings (SSSR count). The molecule has 0 N–H and O–H groups in total. The van der Waals surface area contributed by atoms with Gasteiger partial charge in [-0.05, 0) is 47.9 Å². The zero-order chi connectivity index (χ0) is 19.2. The van der Waals surface area contributed by atoms with Gasteiger partial charge in [-0.15, -0.1) is 0 Å². The summed E-state index contributed by atoms with van der Waals surface area (Å²) in [6, 6.07) is 9.11. The number of rotatable bonds is 4. The molecule has 0 radical (unpaired) electrons. The standard InChI is InChI=1S/C20H21N3O3S/c1-20-9-7-17(24)23(20)16-6-4-3-5-15(16)19(26)22(20)12-18(25)21(2)11-14-8-10-27-13-14/h3-6,8,10,13H,7,9,11-12H2,1-2H3/t20-/m0/s1. The number of benzene rings is 1. The van der Waals surface area contributed by atoms with E-state index < -0.39 is 5.66 Å². The van der Waals surface area contributed by atoms with Crippen molar-refractivity contribution in [3.05, 3.63) is 52.2 Å². The maximum absolute atomic E-state index is 13.2. The number of fused-ring (bicyclic) bond motifs is 3. The van der Waals surface area contributed by atoms with E-state index in [1.807, 2.05) is 29.8 Å². The molecule has 6 nitrogen and oxygen atoms in total. The Bertz CT molecular complexity index is 911. The van der Waals surface area contributed by atoms with Crippen LogP contribution >= 0.6 is 11.3 Å². The highest BCUT2D eigenvalue weighted by molar-refractivity contribution is 7.07. The van der Waals surface area contributed by atoms with Crippen LogP contribution in [0.5, 0.6) is 0 Å². The van der Waals surface area contributed by atoms with Crippen LogP contribution in [0, 0.1) is 0 Å². The van der Waals surface area contributed by atoms with Crippen LogP contribution in [0.4, 0.5) is 5.69 Å².